The number of aliphatic carboxylic acids is 1. The maximum absolute atomic E-state index is 12.9. The number of fused-ring (bicyclic) bond motifs is 1. The molecule has 0 saturated carbocycles. The van der Waals surface area contributed by atoms with E-state index in [1.807, 2.05) is 0 Å². The van der Waals surface area contributed by atoms with Crippen LogP contribution in [0.3, 0.4) is 0 Å². The summed E-state index contributed by atoms with van der Waals surface area (Å²) in [5.74, 6) is -4.34. The quantitative estimate of drug-likeness (QED) is 0.513. The number of esters is 1. The molecular formula is C18H18N2O8S. The standard InChI is InChI=1S/C18H18N2O8S/c1-10(21)19(13-6-4-3-5-7-13)15-16(23)20-14(18(24)25)12(8-28-11(2)22)9-29(26,27)17(15)20/h3-7,15,17H,8-9H2,1-2H3,(H,24,25)/t15-,17-/m1/s1. The van der Waals surface area contributed by atoms with E-state index < -0.39 is 63.1 Å². The molecule has 29 heavy (non-hydrogen) atoms. The molecule has 2 atom stereocenters. The molecule has 2 aliphatic heterocycles. The maximum atomic E-state index is 12.9. The monoisotopic (exact) mass is 422 g/mol. The van der Waals surface area contributed by atoms with Gasteiger partial charge in [0.25, 0.3) is 5.91 Å². The van der Waals surface area contributed by atoms with E-state index in [-0.39, 0.29) is 5.57 Å². The van der Waals surface area contributed by atoms with Crippen molar-refractivity contribution < 1.29 is 37.4 Å². The molecule has 0 unspecified atom stereocenters. The molecular weight excluding hydrogens is 404 g/mol. The van der Waals surface area contributed by atoms with Gasteiger partial charge in [-0.2, -0.15) is 0 Å². The third-order valence-electron chi connectivity index (χ3n) is 4.64. The number of hydrogen-bond donors (Lipinski definition) is 1. The highest BCUT2D eigenvalue weighted by Crippen LogP contribution is 2.40. The van der Waals surface area contributed by atoms with Gasteiger partial charge in [-0.1, -0.05) is 18.2 Å². The number of para-hydroxylation sites is 1. The number of nitrogens with zero attached hydrogens (tertiary/aromatic N) is 2. The van der Waals surface area contributed by atoms with Crippen molar-refractivity contribution in [2.24, 2.45) is 0 Å². The van der Waals surface area contributed by atoms with Crippen LogP contribution in [0.1, 0.15) is 13.8 Å². The average molecular weight is 422 g/mol. The smallest absolute Gasteiger partial charge is 0.352 e. The Bertz CT molecular complexity index is 1030. The number of amides is 2. The number of carbonyl (C=O) groups is 4. The van der Waals surface area contributed by atoms with E-state index in [9.17, 15) is 32.7 Å². The number of hydrogen-bond acceptors (Lipinski definition) is 7. The van der Waals surface area contributed by atoms with Crippen LogP contribution in [-0.4, -0.2) is 66.0 Å². The zero-order valence-corrected chi connectivity index (χ0v) is 16.4. The highest BCUT2D eigenvalue weighted by Gasteiger charge is 2.62. The number of carboxylic acid groups (broad SMARTS) is 1. The van der Waals surface area contributed by atoms with E-state index in [1.165, 1.54) is 6.92 Å². The SMILES string of the molecule is CC(=O)OCC1=C(C(=O)O)N2C(=O)[C@@H](N(C(C)=O)c3ccccc3)[C@H]2S(=O)(=O)C1. The van der Waals surface area contributed by atoms with Crippen molar-refractivity contribution in [3.05, 3.63) is 41.6 Å². The Kier molecular flexibility index (Phi) is 5.18. The molecule has 1 aromatic rings. The first-order chi connectivity index (χ1) is 13.6. The first kappa shape index (κ1) is 20.5. The second-order valence-corrected chi connectivity index (χ2v) is 8.71. The minimum Gasteiger partial charge on any atom is -0.477 e. The van der Waals surface area contributed by atoms with Crippen molar-refractivity contribution in [2.45, 2.75) is 25.3 Å². The molecule has 1 aromatic carbocycles. The van der Waals surface area contributed by atoms with Crippen LogP contribution >= 0.6 is 0 Å². The minimum atomic E-state index is -4.06. The molecule has 10 nitrogen and oxygen atoms in total. The lowest BCUT2D eigenvalue weighted by molar-refractivity contribution is -0.149. The van der Waals surface area contributed by atoms with Gasteiger partial charge in [0.2, 0.25) is 5.91 Å². The molecule has 3 rings (SSSR count). The van der Waals surface area contributed by atoms with Crippen LogP contribution in [0.25, 0.3) is 0 Å². The van der Waals surface area contributed by atoms with Crippen LogP contribution in [0.15, 0.2) is 41.6 Å². The Labute approximate surface area is 166 Å². The van der Waals surface area contributed by atoms with Crippen LogP contribution in [0, 0.1) is 0 Å². The molecule has 1 fully saturated rings. The van der Waals surface area contributed by atoms with Crippen LogP contribution in [0.5, 0.6) is 0 Å². The molecule has 0 radical (unpaired) electrons. The molecule has 2 aliphatic rings. The predicted molar refractivity (Wildman–Crippen MR) is 99.1 cm³/mol. The summed E-state index contributed by atoms with van der Waals surface area (Å²) in [5, 5.41) is 8.03. The summed E-state index contributed by atoms with van der Waals surface area (Å²) in [6.45, 7) is 1.72. The van der Waals surface area contributed by atoms with Gasteiger partial charge in [-0.05, 0) is 12.1 Å². The van der Waals surface area contributed by atoms with Crippen molar-refractivity contribution in [1.29, 1.82) is 0 Å². The van der Waals surface area contributed by atoms with Gasteiger partial charge in [-0.3, -0.25) is 24.2 Å². The van der Waals surface area contributed by atoms with Crippen LogP contribution in [0.4, 0.5) is 5.69 Å². The Hall–Kier alpha value is -3.21. The van der Waals surface area contributed by atoms with Crippen molar-refractivity contribution in [3.63, 3.8) is 0 Å². The predicted octanol–water partition coefficient (Wildman–Crippen LogP) is -0.0934. The fraction of sp³-hybridized carbons (Fsp3) is 0.333. The molecule has 2 heterocycles. The normalized spacial score (nSPS) is 22.4. The van der Waals surface area contributed by atoms with Crippen LogP contribution < -0.4 is 4.90 Å². The van der Waals surface area contributed by atoms with Crippen molar-refractivity contribution in [2.75, 3.05) is 17.3 Å². The van der Waals surface area contributed by atoms with E-state index in [4.69, 9.17) is 4.74 Å². The second-order valence-electron chi connectivity index (χ2n) is 6.61. The van der Waals surface area contributed by atoms with E-state index in [1.54, 1.807) is 30.3 Å². The van der Waals surface area contributed by atoms with Gasteiger partial charge in [-0.15, -0.1) is 0 Å². The zero-order chi connectivity index (χ0) is 21.5. The number of sulfone groups is 1. The highest BCUT2D eigenvalue weighted by molar-refractivity contribution is 7.92. The van der Waals surface area contributed by atoms with Gasteiger partial charge >= 0.3 is 11.9 Å². The van der Waals surface area contributed by atoms with E-state index >= 15 is 0 Å². The summed E-state index contributed by atoms with van der Waals surface area (Å²) in [5.41, 5.74) is -0.423. The van der Waals surface area contributed by atoms with Gasteiger partial charge in [-0.25, -0.2) is 13.2 Å². The van der Waals surface area contributed by atoms with Gasteiger partial charge < -0.3 is 9.84 Å². The number of ether oxygens (including phenoxy) is 1. The summed E-state index contributed by atoms with van der Waals surface area (Å²) < 4.78 is 30.5. The van der Waals surface area contributed by atoms with Gasteiger partial charge in [0.1, 0.15) is 12.3 Å². The Morgan fingerprint density at radius 1 is 1.21 bits per heavy atom. The van der Waals surface area contributed by atoms with Gasteiger partial charge in [0.05, 0.1) is 5.75 Å². The lowest BCUT2D eigenvalue weighted by Crippen LogP contribution is -2.75. The summed E-state index contributed by atoms with van der Waals surface area (Å²) in [4.78, 5) is 49.6. The third-order valence-corrected chi connectivity index (χ3v) is 6.59. The molecule has 0 bridgehead atoms. The topological polar surface area (TPSA) is 138 Å². The molecule has 1 N–H and O–H groups in total. The van der Waals surface area contributed by atoms with E-state index in [2.05, 4.69) is 0 Å². The zero-order valence-electron chi connectivity index (χ0n) is 15.6. The average Bonchev–Trinajstić information content (AvgIpc) is 2.63. The Morgan fingerprint density at radius 2 is 1.83 bits per heavy atom. The Balaban J connectivity index is 2.07. The molecule has 11 heteroatoms. The van der Waals surface area contributed by atoms with Crippen molar-refractivity contribution in [1.82, 2.24) is 4.90 Å². The van der Waals surface area contributed by atoms with Crippen molar-refractivity contribution in [3.8, 4) is 0 Å². The van der Waals surface area contributed by atoms with Gasteiger partial charge in [0.15, 0.2) is 21.3 Å². The number of carbonyl (C=O) groups excluding carboxylic acids is 3. The van der Waals surface area contributed by atoms with E-state index in [0.717, 1.165) is 11.8 Å². The van der Waals surface area contributed by atoms with Crippen LogP contribution in [0.2, 0.25) is 0 Å². The third kappa shape index (κ3) is 3.48. The molecule has 0 spiro atoms. The summed E-state index contributed by atoms with van der Waals surface area (Å²) in [7, 11) is -4.06. The second kappa shape index (κ2) is 7.32. The molecule has 2 amide bonds. The fourth-order valence-corrected chi connectivity index (χ4v) is 5.57. The number of anilines is 1. The molecule has 0 aliphatic carbocycles. The van der Waals surface area contributed by atoms with Crippen LogP contribution in [-0.2, 0) is 33.8 Å². The van der Waals surface area contributed by atoms with Crippen molar-refractivity contribution >= 4 is 39.3 Å². The number of benzene rings is 1. The summed E-state index contributed by atoms with van der Waals surface area (Å²) >= 11 is 0. The lowest BCUT2D eigenvalue weighted by atomic mass is 10.0. The largest absolute Gasteiger partial charge is 0.477 e. The number of rotatable bonds is 5. The number of β-lactam (4-membered cyclic amide) rings is 1. The number of carboxylic acids is 1. The first-order valence-electron chi connectivity index (χ1n) is 8.54. The maximum Gasteiger partial charge on any atom is 0.352 e. The summed E-state index contributed by atoms with van der Waals surface area (Å²) in [6.07, 6.45) is 0. The summed E-state index contributed by atoms with van der Waals surface area (Å²) in [6, 6.07) is 6.66. The Morgan fingerprint density at radius 3 is 2.34 bits per heavy atom. The fourth-order valence-electron chi connectivity index (χ4n) is 3.53. The highest BCUT2D eigenvalue weighted by atomic mass is 32.2. The molecule has 154 valence electrons. The first-order valence-corrected chi connectivity index (χ1v) is 10.3. The lowest BCUT2D eigenvalue weighted by Gasteiger charge is -2.52. The van der Waals surface area contributed by atoms with E-state index in [0.29, 0.717) is 10.6 Å². The molecule has 0 aromatic heterocycles. The van der Waals surface area contributed by atoms with Gasteiger partial charge in [0, 0.05) is 25.1 Å². The molecule has 1 saturated heterocycles. The minimum absolute atomic E-state index is 0.204.